The van der Waals surface area contributed by atoms with Crippen molar-refractivity contribution in [3.63, 3.8) is 0 Å². The number of hydrogen-bond donors (Lipinski definition) is 0. The Morgan fingerprint density at radius 2 is 1.96 bits per heavy atom. The minimum atomic E-state index is -0.418. The fourth-order valence-electron chi connectivity index (χ4n) is 2.56. The van der Waals surface area contributed by atoms with E-state index < -0.39 is 5.97 Å². The largest absolute Gasteiger partial charge is 0.490 e. The van der Waals surface area contributed by atoms with Gasteiger partial charge >= 0.3 is 5.97 Å². The number of ether oxygens (including phenoxy) is 3. The molecule has 1 aliphatic heterocycles. The van der Waals surface area contributed by atoms with Crippen LogP contribution < -0.4 is 9.47 Å². The van der Waals surface area contributed by atoms with Crippen molar-refractivity contribution >= 4 is 23.2 Å². The molecule has 1 aromatic heterocycles. The Morgan fingerprint density at radius 1 is 1.15 bits per heavy atom. The Labute approximate surface area is 156 Å². The lowest BCUT2D eigenvalue weighted by Crippen LogP contribution is -2.06. The molecule has 3 rings (SSSR count). The quantitative estimate of drug-likeness (QED) is 0.511. The molecule has 5 nitrogen and oxygen atoms in total. The molecule has 1 aromatic carbocycles. The predicted molar refractivity (Wildman–Crippen MR) is 102 cm³/mol. The molecule has 0 aliphatic carbocycles. The van der Waals surface area contributed by atoms with E-state index in [-0.39, 0.29) is 0 Å². The third-order valence-corrected chi connectivity index (χ3v) is 4.66. The van der Waals surface area contributed by atoms with Crippen LogP contribution in [-0.4, -0.2) is 25.1 Å². The average Bonchev–Trinajstić information content (AvgIpc) is 3.27. The number of hydrogen-bond acceptors (Lipinski definition) is 6. The highest BCUT2D eigenvalue weighted by atomic mass is 32.1. The molecule has 136 valence electrons. The van der Waals surface area contributed by atoms with E-state index in [0.717, 1.165) is 12.8 Å². The molecule has 6 heteroatoms. The molecule has 0 atom stereocenters. The van der Waals surface area contributed by atoms with Crippen LogP contribution in [0.15, 0.2) is 52.5 Å². The highest BCUT2D eigenvalue weighted by molar-refractivity contribution is 7.09. The fourth-order valence-corrected chi connectivity index (χ4v) is 3.29. The van der Waals surface area contributed by atoms with Crippen molar-refractivity contribution in [1.82, 2.24) is 0 Å². The zero-order chi connectivity index (χ0) is 18.4. The molecule has 26 heavy (non-hydrogen) atoms. The van der Waals surface area contributed by atoms with Gasteiger partial charge in [0.25, 0.3) is 0 Å². The summed E-state index contributed by atoms with van der Waals surface area (Å²) < 4.78 is 16.5. The monoisotopic (exact) mass is 371 g/mol. The van der Waals surface area contributed by atoms with Gasteiger partial charge in [-0.2, -0.15) is 0 Å². The second-order valence-electron chi connectivity index (χ2n) is 5.54. The second-order valence-corrected chi connectivity index (χ2v) is 6.57. The van der Waals surface area contributed by atoms with E-state index in [1.165, 1.54) is 4.88 Å². The van der Waals surface area contributed by atoms with Crippen LogP contribution >= 0.6 is 11.3 Å². The Balaban J connectivity index is 1.76. The summed E-state index contributed by atoms with van der Waals surface area (Å²) >= 11 is 1.71. The van der Waals surface area contributed by atoms with Crippen LogP contribution in [0.5, 0.6) is 11.5 Å². The number of rotatable bonds is 8. The number of cyclic esters (lactones) is 1. The number of carbonyl (C=O) groups excluding carboxylic acids is 1. The standard InChI is InChI=1S/C20H21NO4S/c1-3-23-17-11-10-14(13-18(17)24-4-2)19-21-16(20(22)25-19)9-5-7-15-8-6-12-26-15/h6,8-13H,3-5,7H2,1-2H3/b16-9+. The van der Waals surface area contributed by atoms with Crippen molar-refractivity contribution < 1.29 is 19.0 Å². The maximum atomic E-state index is 12.1. The molecule has 0 unspecified atom stereocenters. The van der Waals surface area contributed by atoms with Gasteiger partial charge in [0.2, 0.25) is 5.90 Å². The summed E-state index contributed by atoms with van der Waals surface area (Å²) in [4.78, 5) is 17.7. The van der Waals surface area contributed by atoms with E-state index in [0.29, 0.717) is 41.9 Å². The van der Waals surface area contributed by atoms with E-state index in [4.69, 9.17) is 14.2 Å². The minimum Gasteiger partial charge on any atom is -0.490 e. The van der Waals surface area contributed by atoms with Crippen molar-refractivity contribution in [3.8, 4) is 11.5 Å². The topological polar surface area (TPSA) is 57.1 Å². The van der Waals surface area contributed by atoms with Crippen molar-refractivity contribution in [2.75, 3.05) is 13.2 Å². The summed E-state index contributed by atoms with van der Waals surface area (Å²) in [5.74, 6) is 1.15. The maximum Gasteiger partial charge on any atom is 0.363 e. The third kappa shape index (κ3) is 4.32. The molecule has 0 N–H and O–H groups in total. The molecule has 0 bridgehead atoms. The van der Waals surface area contributed by atoms with E-state index in [1.54, 1.807) is 23.5 Å². The second kappa shape index (κ2) is 8.67. The third-order valence-electron chi connectivity index (χ3n) is 3.72. The van der Waals surface area contributed by atoms with Gasteiger partial charge < -0.3 is 14.2 Å². The number of aliphatic imine (C=N–C) groups is 1. The molecule has 2 heterocycles. The first-order chi connectivity index (χ1) is 12.7. The van der Waals surface area contributed by atoms with Crippen LogP contribution in [0.25, 0.3) is 0 Å². The van der Waals surface area contributed by atoms with Crippen LogP contribution in [0.3, 0.4) is 0 Å². The highest BCUT2D eigenvalue weighted by Crippen LogP contribution is 2.30. The number of esters is 1. The van der Waals surface area contributed by atoms with Gasteiger partial charge in [0.05, 0.1) is 13.2 Å². The zero-order valence-electron chi connectivity index (χ0n) is 14.9. The first-order valence-corrected chi connectivity index (χ1v) is 9.52. The van der Waals surface area contributed by atoms with Gasteiger partial charge in [-0.15, -0.1) is 11.3 Å². The number of nitrogens with zero attached hydrogens (tertiary/aromatic N) is 1. The van der Waals surface area contributed by atoms with Crippen LogP contribution in [-0.2, 0) is 16.0 Å². The molecule has 0 saturated carbocycles. The van der Waals surface area contributed by atoms with Crippen molar-refractivity contribution in [1.29, 1.82) is 0 Å². The van der Waals surface area contributed by atoms with Gasteiger partial charge in [-0.05, 0) is 56.3 Å². The van der Waals surface area contributed by atoms with Gasteiger partial charge in [0.15, 0.2) is 11.5 Å². The number of carbonyl (C=O) groups is 1. The molecule has 0 spiro atoms. The van der Waals surface area contributed by atoms with E-state index in [1.807, 2.05) is 37.4 Å². The summed E-state index contributed by atoms with van der Waals surface area (Å²) in [7, 11) is 0. The van der Waals surface area contributed by atoms with E-state index in [9.17, 15) is 4.79 Å². The van der Waals surface area contributed by atoms with Crippen molar-refractivity contribution in [3.05, 3.63) is 57.9 Å². The van der Waals surface area contributed by atoms with E-state index in [2.05, 4.69) is 11.1 Å². The van der Waals surface area contributed by atoms with Crippen LogP contribution in [0.2, 0.25) is 0 Å². The van der Waals surface area contributed by atoms with Gasteiger partial charge in [0, 0.05) is 10.4 Å². The summed E-state index contributed by atoms with van der Waals surface area (Å²) in [6.45, 7) is 4.89. The number of benzene rings is 1. The lowest BCUT2D eigenvalue weighted by molar-refractivity contribution is -0.130. The summed E-state index contributed by atoms with van der Waals surface area (Å²) in [6.07, 6.45) is 3.46. The van der Waals surface area contributed by atoms with Crippen LogP contribution in [0, 0.1) is 0 Å². The predicted octanol–water partition coefficient (Wildman–Crippen LogP) is 4.37. The van der Waals surface area contributed by atoms with Crippen molar-refractivity contribution in [2.45, 2.75) is 26.7 Å². The Bertz CT molecular complexity index is 824. The Kier molecular flexibility index (Phi) is 6.07. The van der Waals surface area contributed by atoms with E-state index >= 15 is 0 Å². The summed E-state index contributed by atoms with van der Waals surface area (Å²) in [5.41, 5.74) is 1.04. The molecule has 0 saturated heterocycles. The van der Waals surface area contributed by atoms with Gasteiger partial charge in [0.1, 0.15) is 5.70 Å². The normalized spacial score (nSPS) is 15.1. The first kappa shape index (κ1) is 18.2. The average molecular weight is 371 g/mol. The van der Waals surface area contributed by atoms with Crippen LogP contribution in [0.4, 0.5) is 0 Å². The lowest BCUT2D eigenvalue weighted by Gasteiger charge is -2.11. The molecule has 1 aliphatic rings. The SMILES string of the molecule is CCOc1ccc(C2=N/C(=C/CCc3cccs3)C(=O)O2)cc1OCC. The summed E-state index contributed by atoms with van der Waals surface area (Å²) in [6, 6.07) is 9.51. The minimum absolute atomic E-state index is 0.293. The first-order valence-electron chi connectivity index (χ1n) is 8.64. The smallest absolute Gasteiger partial charge is 0.363 e. The molecule has 2 aromatic rings. The van der Waals surface area contributed by atoms with Crippen molar-refractivity contribution in [2.24, 2.45) is 4.99 Å². The highest BCUT2D eigenvalue weighted by Gasteiger charge is 2.24. The van der Waals surface area contributed by atoms with Gasteiger partial charge in [-0.25, -0.2) is 9.79 Å². The van der Waals surface area contributed by atoms with Crippen LogP contribution in [0.1, 0.15) is 30.7 Å². The Hall–Kier alpha value is -2.60. The lowest BCUT2D eigenvalue weighted by atomic mass is 10.2. The van der Waals surface area contributed by atoms with Gasteiger partial charge in [-0.1, -0.05) is 12.1 Å². The molecule has 0 amide bonds. The maximum absolute atomic E-state index is 12.1. The molecular weight excluding hydrogens is 350 g/mol. The Morgan fingerprint density at radius 3 is 2.69 bits per heavy atom. The number of thiophene rings is 1. The van der Waals surface area contributed by atoms with Gasteiger partial charge in [-0.3, -0.25) is 0 Å². The molecule has 0 radical (unpaired) electrons. The molecule has 0 fully saturated rings. The number of allylic oxidation sites excluding steroid dienone is 1. The number of aryl methyl sites for hydroxylation is 1. The zero-order valence-corrected chi connectivity index (χ0v) is 15.7. The molecular formula is C20H21NO4S. The summed E-state index contributed by atoms with van der Waals surface area (Å²) in [5, 5.41) is 2.05. The fraction of sp³-hybridized carbons (Fsp3) is 0.300.